The highest BCUT2D eigenvalue weighted by molar-refractivity contribution is 6.01. The van der Waals surface area contributed by atoms with Crippen molar-refractivity contribution in [1.29, 1.82) is 0 Å². The van der Waals surface area contributed by atoms with Crippen LogP contribution in [-0.2, 0) is 6.42 Å². The minimum Gasteiger partial charge on any atom is -0.495 e. The van der Waals surface area contributed by atoms with E-state index >= 15 is 0 Å². The number of fused-ring (bicyclic) bond motifs is 1. The van der Waals surface area contributed by atoms with E-state index < -0.39 is 0 Å². The van der Waals surface area contributed by atoms with Crippen molar-refractivity contribution in [2.75, 3.05) is 7.11 Å². The van der Waals surface area contributed by atoms with Gasteiger partial charge in [0.15, 0.2) is 11.5 Å². The Kier molecular flexibility index (Phi) is 4.33. The number of Topliss-reactive ketones (excluding diaryl/α,β-unsaturated/α-hetero) is 1. The van der Waals surface area contributed by atoms with E-state index in [-0.39, 0.29) is 17.8 Å². The number of hydrogen-bond donors (Lipinski definition) is 0. The van der Waals surface area contributed by atoms with Gasteiger partial charge in [0.2, 0.25) is 0 Å². The maximum atomic E-state index is 12.8. The average Bonchev–Trinajstić information content (AvgIpc) is 2.60. The highest BCUT2D eigenvalue weighted by Gasteiger charge is 2.26. The molecule has 0 aromatic heterocycles. The second kappa shape index (κ2) is 6.45. The van der Waals surface area contributed by atoms with E-state index in [4.69, 9.17) is 16.0 Å². The highest BCUT2D eigenvalue weighted by Crippen LogP contribution is 2.39. The first-order valence-corrected chi connectivity index (χ1v) is 8.02. The standard InChI is InChI=1S/C21H19NO3/c1-21(2)12-11-17-19(25-21)10-9-16(20(17)24-4)18(23)13-14-5-7-15(22-3)8-6-14/h5-12H,13H2,1-2,4H3. The summed E-state index contributed by atoms with van der Waals surface area (Å²) in [4.78, 5) is 16.1. The van der Waals surface area contributed by atoms with Gasteiger partial charge in [-0.25, -0.2) is 4.85 Å². The molecule has 0 saturated heterocycles. The Hall–Kier alpha value is -3.06. The molecule has 1 heterocycles. The van der Waals surface area contributed by atoms with Crippen LogP contribution < -0.4 is 9.47 Å². The molecule has 0 radical (unpaired) electrons. The summed E-state index contributed by atoms with van der Waals surface area (Å²) in [7, 11) is 1.56. The van der Waals surface area contributed by atoms with Gasteiger partial charge in [-0.15, -0.1) is 0 Å². The molecule has 3 rings (SSSR count). The van der Waals surface area contributed by atoms with Crippen LogP contribution in [0.1, 0.15) is 35.3 Å². The number of nitrogens with zero attached hydrogens (tertiary/aromatic N) is 1. The summed E-state index contributed by atoms with van der Waals surface area (Å²) in [5, 5.41) is 0. The zero-order valence-corrected chi connectivity index (χ0v) is 14.5. The molecule has 4 nitrogen and oxygen atoms in total. The molecule has 0 N–H and O–H groups in total. The van der Waals surface area contributed by atoms with Crippen molar-refractivity contribution in [2.45, 2.75) is 25.9 Å². The third-order valence-electron chi connectivity index (χ3n) is 4.12. The Morgan fingerprint density at radius 3 is 2.56 bits per heavy atom. The monoisotopic (exact) mass is 333 g/mol. The molecule has 0 amide bonds. The lowest BCUT2D eigenvalue weighted by atomic mass is 9.96. The maximum Gasteiger partial charge on any atom is 0.187 e. The number of ether oxygens (including phenoxy) is 2. The molecule has 4 heteroatoms. The summed E-state index contributed by atoms with van der Waals surface area (Å²) in [6.07, 6.45) is 4.15. The van der Waals surface area contributed by atoms with Gasteiger partial charge in [0, 0.05) is 6.42 Å². The van der Waals surface area contributed by atoms with Crippen LogP contribution in [0, 0.1) is 6.57 Å². The second-order valence-corrected chi connectivity index (χ2v) is 6.48. The van der Waals surface area contributed by atoms with Gasteiger partial charge in [-0.05, 0) is 43.7 Å². The van der Waals surface area contributed by atoms with Crippen molar-refractivity contribution < 1.29 is 14.3 Å². The third-order valence-corrected chi connectivity index (χ3v) is 4.12. The van der Waals surface area contributed by atoms with E-state index in [0.29, 0.717) is 22.7 Å². The Morgan fingerprint density at radius 1 is 1.20 bits per heavy atom. The number of hydrogen-bond acceptors (Lipinski definition) is 3. The van der Waals surface area contributed by atoms with E-state index in [2.05, 4.69) is 4.85 Å². The van der Waals surface area contributed by atoms with Crippen LogP contribution in [0.5, 0.6) is 11.5 Å². The zero-order valence-electron chi connectivity index (χ0n) is 14.5. The van der Waals surface area contributed by atoms with Crippen molar-refractivity contribution in [2.24, 2.45) is 0 Å². The molecule has 0 atom stereocenters. The number of rotatable bonds is 4. The van der Waals surface area contributed by atoms with Crippen LogP contribution in [0.2, 0.25) is 0 Å². The fraction of sp³-hybridized carbons (Fsp3) is 0.238. The van der Waals surface area contributed by atoms with E-state index in [0.717, 1.165) is 11.1 Å². The van der Waals surface area contributed by atoms with E-state index in [1.807, 2.05) is 44.2 Å². The predicted molar refractivity (Wildman–Crippen MR) is 97.5 cm³/mol. The molecule has 2 aromatic rings. The molecule has 25 heavy (non-hydrogen) atoms. The molecule has 0 saturated carbocycles. The van der Waals surface area contributed by atoms with Crippen LogP contribution >= 0.6 is 0 Å². The van der Waals surface area contributed by atoms with Crippen LogP contribution in [-0.4, -0.2) is 18.5 Å². The van der Waals surface area contributed by atoms with Crippen LogP contribution in [0.15, 0.2) is 42.5 Å². The smallest absolute Gasteiger partial charge is 0.187 e. The van der Waals surface area contributed by atoms with Crippen LogP contribution in [0.3, 0.4) is 0 Å². The summed E-state index contributed by atoms with van der Waals surface area (Å²) in [6, 6.07) is 10.6. The first-order chi connectivity index (χ1) is 11.9. The van der Waals surface area contributed by atoms with Gasteiger partial charge in [0.1, 0.15) is 17.1 Å². The molecule has 1 aliphatic rings. The molecular formula is C21H19NO3. The lowest BCUT2D eigenvalue weighted by Crippen LogP contribution is -2.27. The molecule has 0 aliphatic carbocycles. The van der Waals surface area contributed by atoms with Crippen molar-refractivity contribution in [3.8, 4) is 11.5 Å². The van der Waals surface area contributed by atoms with E-state index in [1.54, 1.807) is 25.3 Å². The van der Waals surface area contributed by atoms with Gasteiger partial charge >= 0.3 is 0 Å². The first kappa shape index (κ1) is 16.8. The first-order valence-electron chi connectivity index (χ1n) is 8.02. The molecule has 126 valence electrons. The van der Waals surface area contributed by atoms with Gasteiger partial charge in [-0.1, -0.05) is 24.3 Å². The minimum absolute atomic E-state index is 0.0338. The Bertz CT molecular complexity index is 887. The highest BCUT2D eigenvalue weighted by atomic mass is 16.5. The molecule has 2 aromatic carbocycles. The second-order valence-electron chi connectivity index (χ2n) is 6.48. The minimum atomic E-state index is -0.381. The van der Waals surface area contributed by atoms with Gasteiger partial charge in [0.25, 0.3) is 0 Å². The van der Waals surface area contributed by atoms with Gasteiger partial charge < -0.3 is 9.47 Å². The average molecular weight is 333 g/mol. The van der Waals surface area contributed by atoms with Crippen molar-refractivity contribution >= 4 is 17.5 Å². The van der Waals surface area contributed by atoms with E-state index in [1.165, 1.54) is 0 Å². The number of methoxy groups -OCH3 is 1. The van der Waals surface area contributed by atoms with E-state index in [9.17, 15) is 4.79 Å². The lowest BCUT2D eigenvalue weighted by molar-refractivity contribution is 0.0989. The zero-order chi connectivity index (χ0) is 18.0. The molecule has 0 spiro atoms. The summed E-state index contributed by atoms with van der Waals surface area (Å²) in [5.41, 5.74) is 2.37. The number of ketones is 1. The number of carbonyl (C=O) groups is 1. The maximum absolute atomic E-state index is 12.8. The quantitative estimate of drug-likeness (QED) is 0.593. The Morgan fingerprint density at radius 2 is 1.92 bits per heavy atom. The van der Waals surface area contributed by atoms with Gasteiger partial charge in [-0.3, -0.25) is 4.79 Å². The van der Waals surface area contributed by atoms with Gasteiger partial charge in [0.05, 0.1) is 24.8 Å². The summed E-state index contributed by atoms with van der Waals surface area (Å²) >= 11 is 0. The molecule has 0 fully saturated rings. The Labute approximate surface area is 147 Å². The fourth-order valence-corrected chi connectivity index (χ4v) is 2.84. The molecular weight excluding hydrogens is 314 g/mol. The van der Waals surface area contributed by atoms with Crippen molar-refractivity contribution in [1.82, 2.24) is 0 Å². The number of benzene rings is 2. The number of carbonyl (C=O) groups excluding carboxylic acids is 1. The van der Waals surface area contributed by atoms with Gasteiger partial charge in [-0.2, -0.15) is 0 Å². The van der Waals surface area contributed by atoms with Crippen molar-refractivity contribution in [3.05, 3.63) is 70.6 Å². The topological polar surface area (TPSA) is 39.9 Å². The predicted octanol–water partition coefficient (Wildman–Crippen LogP) is 4.86. The summed E-state index contributed by atoms with van der Waals surface area (Å²) in [5.74, 6) is 1.21. The lowest BCUT2D eigenvalue weighted by Gasteiger charge is -2.29. The molecule has 0 bridgehead atoms. The SMILES string of the molecule is [C-]#[N+]c1ccc(CC(=O)c2ccc3c(c2OC)C=CC(C)(C)O3)cc1. The summed E-state index contributed by atoms with van der Waals surface area (Å²) in [6.45, 7) is 10.9. The molecule has 1 aliphatic heterocycles. The van der Waals surface area contributed by atoms with Crippen molar-refractivity contribution in [3.63, 3.8) is 0 Å². The third kappa shape index (κ3) is 3.41. The molecule has 0 unspecified atom stereocenters. The Balaban J connectivity index is 1.91. The van der Waals surface area contributed by atoms with Crippen LogP contribution in [0.4, 0.5) is 5.69 Å². The normalized spacial score (nSPS) is 14.2. The fourth-order valence-electron chi connectivity index (χ4n) is 2.84. The largest absolute Gasteiger partial charge is 0.495 e. The van der Waals surface area contributed by atoms with Crippen LogP contribution in [0.25, 0.3) is 10.9 Å². The summed E-state index contributed by atoms with van der Waals surface area (Å²) < 4.78 is 11.4.